The molecule has 6 nitrogen and oxygen atoms in total. The summed E-state index contributed by atoms with van der Waals surface area (Å²) in [6.07, 6.45) is 1.06. The minimum absolute atomic E-state index is 0.0762. The molecule has 1 saturated heterocycles. The lowest BCUT2D eigenvalue weighted by molar-refractivity contribution is -0.149. The van der Waals surface area contributed by atoms with Crippen LogP contribution in [-0.2, 0) is 14.3 Å². The largest absolute Gasteiger partial charge is 0.381 e. The van der Waals surface area contributed by atoms with Crippen LogP contribution in [-0.4, -0.2) is 43.8 Å². The summed E-state index contributed by atoms with van der Waals surface area (Å²) >= 11 is 0. The molecule has 24 heavy (non-hydrogen) atoms. The van der Waals surface area contributed by atoms with Crippen molar-refractivity contribution >= 4 is 17.5 Å². The van der Waals surface area contributed by atoms with Crippen LogP contribution >= 0.6 is 0 Å². The van der Waals surface area contributed by atoms with Gasteiger partial charge in [0, 0.05) is 50.5 Å². The summed E-state index contributed by atoms with van der Waals surface area (Å²) in [5.74, 6) is -0.292. The second kappa shape index (κ2) is 7.77. The van der Waals surface area contributed by atoms with Crippen LogP contribution in [0.15, 0.2) is 18.2 Å². The van der Waals surface area contributed by atoms with E-state index in [1.54, 1.807) is 25.3 Å². The first kappa shape index (κ1) is 18.4. The number of aryl methyl sites for hydroxylation is 1. The maximum atomic E-state index is 12.7. The van der Waals surface area contributed by atoms with E-state index in [-0.39, 0.29) is 17.9 Å². The third-order valence-corrected chi connectivity index (χ3v) is 4.26. The van der Waals surface area contributed by atoms with Gasteiger partial charge in [0.25, 0.3) is 11.8 Å². The van der Waals surface area contributed by atoms with Crippen LogP contribution in [0.4, 0.5) is 5.69 Å². The van der Waals surface area contributed by atoms with E-state index in [0.29, 0.717) is 37.3 Å². The van der Waals surface area contributed by atoms with Crippen LogP contribution in [0.2, 0.25) is 0 Å². The molecule has 1 aliphatic rings. The van der Waals surface area contributed by atoms with Crippen molar-refractivity contribution in [3.05, 3.63) is 29.3 Å². The van der Waals surface area contributed by atoms with Gasteiger partial charge in [-0.2, -0.15) is 0 Å². The van der Waals surface area contributed by atoms with Gasteiger partial charge in [0.1, 0.15) is 0 Å². The van der Waals surface area contributed by atoms with Crippen molar-refractivity contribution in [2.24, 2.45) is 0 Å². The summed E-state index contributed by atoms with van der Waals surface area (Å²) in [4.78, 5) is 24.7. The second-order valence-corrected chi connectivity index (χ2v) is 6.42. The van der Waals surface area contributed by atoms with Gasteiger partial charge in [-0.25, -0.2) is 0 Å². The van der Waals surface area contributed by atoms with Crippen molar-refractivity contribution in [1.82, 2.24) is 5.32 Å². The molecule has 6 heteroatoms. The average Bonchev–Trinajstić information content (AvgIpc) is 2.56. The molecule has 0 aromatic heterocycles. The Morgan fingerprint density at radius 2 is 1.92 bits per heavy atom. The van der Waals surface area contributed by atoms with Crippen molar-refractivity contribution in [2.45, 2.75) is 45.3 Å². The van der Waals surface area contributed by atoms with E-state index in [0.717, 1.165) is 5.56 Å². The molecule has 0 saturated carbocycles. The summed E-state index contributed by atoms with van der Waals surface area (Å²) in [6.45, 7) is 6.71. The van der Waals surface area contributed by atoms with E-state index in [1.165, 1.54) is 0 Å². The average molecular weight is 334 g/mol. The third-order valence-electron chi connectivity index (χ3n) is 4.26. The first-order valence-electron chi connectivity index (χ1n) is 8.24. The molecule has 1 aliphatic heterocycles. The molecule has 1 fully saturated rings. The van der Waals surface area contributed by atoms with Gasteiger partial charge < -0.3 is 20.1 Å². The minimum Gasteiger partial charge on any atom is -0.381 e. The standard InChI is InChI=1S/C18H26N2O4/c1-12(2)19-16(21)14-5-6-15(13(3)11-14)20-17(22)18(23-4)7-9-24-10-8-18/h5-6,11-12H,7-10H2,1-4H3,(H,19,21)(H,20,22). The smallest absolute Gasteiger partial charge is 0.256 e. The van der Waals surface area contributed by atoms with Crippen molar-refractivity contribution in [3.63, 3.8) is 0 Å². The topological polar surface area (TPSA) is 76.7 Å². The highest BCUT2D eigenvalue weighted by atomic mass is 16.5. The molecule has 1 aromatic carbocycles. The summed E-state index contributed by atoms with van der Waals surface area (Å²) in [5.41, 5.74) is 1.24. The van der Waals surface area contributed by atoms with Crippen molar-refractivity contribution < 1.29 is 19.1 Å². The molecule has 0 atom stereocenters. The van der Waals surface area contributed by atoms with E-state index >= 15 is 0 Å². The second-order valence-electron chi connectivity index (χ2n) is 6.42. The van der Waals surface area contributed by atoms with E-state index < -0.39 is 5.60 Å². The molecule has 2 amide bonds. The Morgan fingerprint density at radius 1 is 1.25 bits per heavy atom. The van der Waals surface area contributed by atoms with E-state index in [4.69, 9.17) is 9.47 Å². The van der Waals surface area contributed by atoms with Crippen LogP contribution in [0, 0.1) is 6.92 Å². The predicted molar refractivity (Wildman–Crippen MR) is 92.2 cm³/mol. The molecule has 1 aromatic rings. The number of nitrogens with one attached hydrogen (secondary N) is 2. The SMILES string of the molecule is COC1(C(=O)Nc2ccc(C(=O)NC(C)C)cc2C)CCOCC1. The quantitative estimate of drug-likeness (QED) is 0.866. The monoisotopic (exact) mass is 334 g/mol. The highest BCUT2D eigenvalue weighted by Gasteiger charge is 2.40. The van der Waals surface area contributed by atoms with E-state index in [9.17, 15) is 9.59 Å². The first-order valence-corrected chi connectivity index (χ1v) is 8.24. The van der Waals surface area contributed by atoms with Gasteiger partial charge in [0.15, 0.2) is 5.60 Å². The maximum Gasteiger partial charge on any atom is 0.256 e. The Balaban J connectivity index is 2.12. The molecule has 132 valence electrons. The van der Waals surface area contributed by atoms with Gasteiger partial charge in [-0.3, -0.25) is 9.59 Å². The van der Waals surface area contributed by atoms with Crippen LogP contribution in [0.3, 0.4) is 0 Å². The number of ether oxygens (including phenoxy) is 2. The van der Waals surface area contributed by atoms with Crippen LogP contribution in [0.1, 0.15) is 42.6 Å². The Kier molecular flexibility index (Phi) is 5.96. The van der Waals surface area contributed by atoms with Crippen LogP contribution in [0.25, 0.3) is 0 Å². The summed E-state index contributed by atoms with van der Waals surface area (Å²) in [6, 6.07) is 5.32. The summed E-state index contributed by atoms with van der Waals surface area (Å²) in [7, 11) is 1.55. The van der Waals surface area contributed by atoms with Gasteiger partial charge in [0.05, 0.1) is 0 Å². The molecule has 0 unspecified atom stereocenters. The molecular weight excluding hydrogens is 308 g/mol. The number of amides is 2. The number of carbonyl (C=O) groups is 2. The molecule has 0 bridgehead atoms. The number of anilines is 1. The number of rotatable bonds is 5. The molecule has 0 radical (unpaired) electrons. The highest BCUT2D eigenvalue weighted by Crippen LogP contribution is 2.27. The fourth-order valence-electron chi connectivity index (χ4n) is 2.75. The van der Waals surface area contributed by atoms with Crippen molar-refractivity contribution in [3.8, 4) is 0 Å². The van der Waals surface area contributed by atoms with E-state index in [1.807, 2.05) is 20.8 Å². The zero-order chi connectivity index (χ0) is 17.7. The van der Waals surface area contributed by atoms with Crippen LogP contribution < -0.4 is 10.6 Å². The lowest BCUT2D eigenvalue weighted by atomic mass is 9.92. The number of carbonyl (C=O) groups excluding carboxylic acids is 2. The molecule has 0 spiro atoms. The number of benzene rings is 1. The van der Waals surface area contributed by atoms with Gasteiger partial charge in [0.2, 0.25) is 0 Å². The number of hydrogen-bond donors (Lipinski definition) is 2. The highest BCUT2D eigenvalue weighted by molar-refractivity contribution is 5.99. The molecular formula is C18H26N2O4. The zero-order valence-corrected chi connectivity index (χ0v) is 14.8. The third kappa shape index (κ3) is 4.13. The molecule has 0 aliphatic carbocycles. The normalized spacial score (nSPS) is 16.7. The predicted octanol–water partition coefficient (Wildman–Crippen LogP) is 2.27. The van der Waals surface area contributed by atoms with Gasteiger partial charge >= 0.3 is 0 Å². The summed E-state index contributed by atoms with van der Waals surface area (Å²) in [5, 5.41) is 5.78. The minimum atomic E-state index is -0.849. The van der Waals surface area contributed by atoms with Crippen molar-refractivity contribution in [1.29, 1.82) is 0 Å². The fraction of sp³-hybridized carbons (Fsp3) is 0.556. The van der Waals surface area contributed by atoms with E-state index in [2.05, 4.69) is 10.6 Å². The fourth-order valence-corrected chi connectivity index (χ4v) is 2.75. The van der Waals surface area contributed by atoms with Crippen molar-refractivity contribution in [2.75, 3.05) is 25.6 Å². The number of hydrogen-bond acceptors (Lipinski definition) is 4. The first-order chi connectivity index (χ1) is 11.4. The molecule has 2 rings (SSSR count). The maximum absolute atomic E-state index is 12.7. The Labute approximate surface area is 142 Å². The lowest BCUT2D eigenvalue weighted by Crippen LogP contribution is -2.48. The van der Waals surface area contributed by atoms with Gasteiger partial charge in [-0.15, -0.1) is 0 Å². The number of methoxy groups -OCH3 is 1. The molecule has 2 N–H and O–H groups in total. The van der Waals surface area contributed by atoms with Crippen LogP contribution in [0.5, 0.6) is 0 Å². The molecule has 1 heterocycles. The Hall–Kier alpha value is -1.92. The van der Waals surface area contributed by atoms with Gasteiger partial charge in [-0.05, 0) is 44.5 Å². The lowest BCUT2D eigenvalue weighted by Gasteiger charge is -2.34. The Bertz CT molecular complexity index is 607. The Morgan fingerprint density at radius 3 is 2.46 bits per heavy atom. The zero-order valence-electron chi connectivity index (χ0n) is 14.8. The summed E-state index contributed by atoms with van der Waals surface area (Å²) < 4.78 is 10.8. The van der Waals surface area contributed by atoms with Gasteiger partial charge in [-0.1, -0.05) is 0 Å².